The lowest BCUT2D eigenvalue weighted by molar-refractivity contribution is 0.767. The molecule has 10 aromatic rings. The second-order valence-corrected chi connectivity index (χ2v) is 17.7. The minimum absolute atomic E-state index is 0.497. The minimum atomic E-state index is -0.534. The number of benzene rings is 10. The van der Waals surface area contributed by atoms with E-state index < -0.39 is 10.8 Å². The van der Waals surface area contributed by atoms with Gasteiger partial charge in [0.2, 0.25) is 0 Å². The van der Waals surface area contributed by atoms with E-state index in [1.807, 2.05) is 0 Å². The van der Waals surface area contributed by atoms with Crippen molar-refractivity contribution in [1.29, 1.82) is 0 Å². The standard InChI is InChI=1S/C64H47N/c1-44-30-34-49(35-31-44)63(50-36-32-45(2)33-37-50)59-28-16-13-26-55(59)57-42-51(39-41-60(57)63)65(62-29-17-14-24-53(62)46-18-6-3-7-19-46)52-38-40-56-54-25-12-15-27-58(54)64(61(56)43-52,47-20-8-4-9-21-47)48-22-10-5-11-23-48/h3-43H,1-2H3. The fourth-order valence-corrected chi connectivity index (χ4v) is 11.3. The molecular weight excluding hydrogens is 783 g/mol. The largest absolute Gasteiger partial charge is 0.310 e. The summed E-state index contributed by atoms with van der Waals surface area (Å²) in [5.74, 6) is 0. The first kappa shape index (κ1) is 38.7. The van der Waals surface area contributed by atoms with E-state index >= 15 is 0 Å². The third kappa shape index (κ3) is 5.86. The van der Waals surface area contributed by atoms with Crippen molar-refractivity contribution in [2.24, 2.45) is 0 Å². The number of anilines is 3. The lowest BCUT2D eigenvalue weighted by Gasteiger charge is -2.35. The van der Waals surface area contributed by atoms with Crippen LogP contribution in [0.2, 0.25) is 0 Å². The van der Waals surface area contributed by atoms with Crippen LogP contribution in [0.25, 0.3) is 33.4 Å². The van der Waals surface area contributed by atoms with Crippen LogP contribution in [0, 0.1) is 13.8 Å². The molecule has 0 unspecified atom stereocenters. The molecule has 0 radical (unpaired) electrons. The second kappa shape index (κ2) is 15.4. The van der Waals surface area contributed by atoms with Gasteiger partial charge < -0.3 is 4.90 Å². The molecule has 2 aliphatic rings. The molecule has 0 N–H and O–H groups in total. The van der Waals surface area contributed by atoms with Crippen molar-refractivity contribution in [1.82, 2.24) is 0 Å². The van der Waals surface area contributed by atoms with Gasteiger partial charge in [-0.25, -0.2) is 0 Å². The predicted molar refractivity (Wildman–Crippen MR) is 271 cm³/mol. The monoisotopic (exact) mass is 829 g/mol. The molecule has 2 aliphatic carbocycles. The van der Waals surface area contributed by atoms with Crippen LogP contribution >= 0.6 is 0 Å². The smallest absolute Gasteiger partial charge is 0.0714 e. The van der Waals surface area contributed by atoms with Crippen LogP contribution in [0.4, 0.5) is 17.1 Å². The van der Waals surface area contributed by atoms with Crippen LogP contribution in [0.1, 0.15) is 55.6 Å². The van der Waals surface area contributed by atoms with E-state index in [4.69, 9.17) is 0 Å². The van der Waals surface area contributed by atoms with Gasteiger partial charge in [-0.1, -0.05) is 230 Å². The highest BCUT2D eigenvalue weighted by Gasteiger charge is 2.48. The van der Waals surface area contributed by atoms with E-state index in [9.17, 15) is 0 Å². The molecule has 65 heavy (non-hydrogen) atoms. The number of aryl methyl sites for hydroxylation is 2. The molecule has 0 atom stereocenters. The molecule has 0 aliphatic heterocycles. The molecule has 0 heterocycles. The summed E-state index contributed by atoms with van der Waals surface area (Å²) in [6.45, 7) is 4.35. The first-order valence-corrected chi connectivity index (χ1v) is 22.8. The molecule has 0 spiro atoms. The zero-order valence-electron chi connectivity index (χ0n) is 36.6. The van der Waals surface area contributed by atoms with Gasteiger partial charge in [-0.15, -0.1) is 0 Å². The van der Waals surface area contributed by atoms with Crippen molar-refractivity contribution in [3.63, 3.8) is 0 Å². The van der Waals surface area contributed by atoms with Crippen molar-refractivity contribution < 1.29 is 0 Å². The molecule has 10 aromatic carbocycles. The molecule has 0 saturated heterocycles. The summed E-state index contributed by atoms with van der Waals surface area (Å²) in [5, 5.41) is 0. The summed E-state index contributed by atoms with van der Waals surface area (Å²) in [6, 6.07) is 92.9. The Kier molecular flexibility index (Phi) is 9.14. The fraction of sp³-hybridized carbons (Fsp3) is 0.0625. The minimum Gasteiger partial charge on any atom is -0.310 e. The first-order chi connectivity index (χ1) is 32.1. The van der Waals surface area contributed by atoms with Gasteiger partial charge in [-0.3, -0.25) is 0 Å². The SMILES string of the molecule is Cc1ccc(C2(c3ccc(C)cc3)c3ccccc3-c3cc(N(c4ccc5c(c4)C(c4ccccc4)(c4ccccc4)c4ccccc4-5)c4ccccc4-c4ccccc4)ccc32)cc1. The number of hydrogen-bond acceptors (Lipinski definition) is 1. The molecule has 0 fully saturated rings. The number of nitrogens with zero attached hydrogens (tertiary/aromatic N) is 1. The maximum absolute atomic E-state index is 2.51. The highest BCUT2D eigenvalue weighted by molar-refractivity contribution is 5.95. The van der Waals surface area contributed by atoms with Crippen LogP contribution in [0.15, 0.2) is 249 Å². The van der Waals surface area contributed by atoms with Gasteiger partial charge in [-0.2, -0.15) is 0 Å². The van der Waals surface area contributed by atoms with Gasteiger partial charge in [0.25, 0.3) is 0 Å². The summed E-state index contributed by atoms with van der Waals surface area (Å²) in [4.78, 5) is 2.51. The van der Waals surface area contributed by atoms with Gasteiger partial charge in [0.1, 0.15) is 0 Å². The third-order valence-corrected chi connectivity index (χ3v) is 14.2. The van der Waals surface area contributed by atoms with E-state index in [0.29, 0.717) is 0 Å². The van der Waals surface area contributed by atoms with Crippen molar-refractivity contribution in [2.75, 3.05) is 4.90 Å². The predicted octanol–water partition coefficient (Wildman–Crippen LogP) is 16.2. The van der Waals surface area contributed by atoms with Crippen molar-refractivity contribution in [2.45, 2.75) is 24.7 Å². The van der Waals surface area contributed by atoms with Gasteiger partial charge in [-0.05, 0) is 117 Å². The zero-order chi connectivity index (χ0) is 43.5. The Balaban J connectivity index is 1.14. The van der Waals surface area contributed by atoms with Gasteiger partial charge in [0.05, 0.1) is 16.5 Å². The average Bonchev–Trinajstić information content (AvgIpc) is 3.83. The van der Waals surface area contributed by atoms with Gasteiger partial charge in [0.15, 0.2) is 0 Å². The lowest BCUT2D eigenvalue weighted by atomic mass is 9.67. The summed E-state index contributed by atoms with van der Waals surface area (Å²) in [7, 11) is 0. The molecular formula is C64H47N. The van der Waals surface area contributed by atoms with Crippen molar-refractivity contribution in [3.05, 3.63) is 304 Å². The Hall–Kier alpha value is -8.00. The zero-order valence-corrected chi connectivity index (χ0v) is 36.6. The molecule has 0 saturated carbocycles. The van der Waals surface area contributed by atoms with Gasteiger partial charge in [0, 0.05) is 16.9 Å². The molecule has 1 nitrogen and oxygen atoms in total. The molecule has 0 bridgehead atoms. The Morgan fingerprint density at radius 3 is 1.26 bits per heavy atom. The molecule has 1 heteroatoms. The molecule has 0 amide bonds. The van der Waals surface area contributed by atoms with E-state index in [1.165, 1.54) is 89.0 Å². The van der Waals surface area contributed by atoms with Crippen LogP contribution < -0.4 is 4.90 Å². The van der Waals surface area contributed by atoms with Gasteiger partial charge >= 0.3 is 0 Å². The summed E-state index contributed by atoms with van der Waals surface area (Å²) >= 11 is 0. The topological polar surface area (TPSA) is 3.24 Å². The Labute approximate surface area is 382 Å². The fourth-order valence-electron chi connectivity index (χ4n) is 11.3. The van der Waals surface area contributed by atoms with Crippen LogP contribution in [0.5, 0.6) is 0 Å². The molecule has 0 aromatic heterocycles. The Bertz CT molecular complexity index is 3280. The summed E-state index contributed by atoms with van der Waals surface area (Å²) < 4.78 is 0. The number of rotatable bonds is 8. The van der Waals surface area contributed by atoms with E-state index in [-0.39, 0.29) is 0 Å². The van der Waals surface area contributed by atoms with E-state index in [0.717, 1.165) is 17.1 Å². The Morgan fingerprint density at radius 2 is 0.677 bits per heavy atom. The van der Waals surface area contributed by atoms with Crippen molar-refractivity contribution >= 4 is 17.1 Å². The molecule has 308 valence electrons. The van der Waals surface area contributed by atoms with E-state index in [2.05, 4.69) is 267 Å². The van der Waals surface area contributed by atoms with Crippen molar-refractivity contribution in [3.8, 4) is 33.4 Å². The maximum atomic E-state index is 2.51. The summed E-state index contributed by atoms with van der Waals surface area (Å²) in [6.07, 6.45) is 0. The van der Waals surface area contributed by atoms with Crippen LogP contribution in [0.3, 0.4) is 0 Å². The van der Waals surface area contributed by atoms with Crippen LogP contribution in [-0.2, 0) is 10.8 Å². The number of fused-ring (bicyclic) bond motifs is 6. The first-order valence-electron chi connectivity index (χ1n) is 22.8. The third-order valence-electron chi connectivity index (χ3n) is 14.2. The number of para-hydroxylation sites is 1. The number of hydrogen-bond donors (Lipinski definition) is 0. The quantitative estimate of drug-likeness (QED) is 0.147. The normalized spacial score (nSPS) is 13.6. The maximum Gasteiger partial charge on any atom is 0.0714 e. The highest BCUT2D eigenvalue weighted by atomic mass is 15.1. The lowest BCUT2D eigenvalue weighted by Crippen LogP contribution is -2.29. The summed E-state index contributed by atoms with van der Waals surface area (Å²) in [5.41, 5.74) is 22.4. The Morgan fingerprint density at radius 1 is 0.277 bits per heavy atom. The van der Waals surface area contributed by atoms with Crippen LogP contribution in [-0.4, -0.2) is 0 Å². The second-order valence-electron chi connectivity index (χ2n) is 17.7. The van der Waals surface area contributed by atoms with E-state index in [1.54, 1.807) is 0 Å². The molecule has 12 rings (SSSR count). The highest BCUT2D eigenvalue weighted by Crippen LogP contribution is 2.60. The average molecular weight is 830 g/mol.